The minimum absolute atomic E-state index is 0.00600. The van der Waals surface area contributed by atoms with E-state index < -0.39 is 5.91 Å². The number of benzene rings is 1. The third-order valence-corrected chi connectivity index (χ3v) is 6.78. The number of nitrogens with zero attached hydrogens (tertiary/aromatic N) is 2. The van der Waals surface area contributed by atoms with Gasteiger partial charge in [0.25, 0.3) is 5.56 Å². The van der Waals surface area contributed by atoms with Crippen LogP contribution in [0, 0.1) is 0 Å². The molecule has 1 N–H and O–H groups in total. The van der Waals surface area contributed by atoms with Crippen molar-refractivity contribution in [3.63, 3.8) is 0 Å². The van der Waals surface area contributed by atoms with Gasteiger partial charge in [-0.1, -0.05) is 58.2 Å². The van der Waals surface area contributed by atoms with Crippen molar-refractivity contribution in [1.29, 1.82) is 0 Å². The van der Waals surface area contributed by atoms with Gasteiger partial charge in [-0.3, -0.25) is 14.2 Å². The van der Waals surface area contributed by atoms with E-state index in [1.807, 2.05) is 0 Å². The average molecular weight is 469 g/mol. The van der Waals surface area contributed by atoms with Gasteiger partial charge in [-0.2, -0.15) is 0 Å². The number of thiophene rings is 1. The summed E-state index contributed by atoms with van der Waals surface area (Å²) < 4.78 is 1.41. The van der Waals surface area contributed by atoms with Gasteiger partial charge in [0.05, 0.1) is 36.9 Å². The summed E-state index contributed by atoms with van der Waals surface area (Å²) in [7, 11) is 1.61. The van der Waals surface area contributed by atoms with Crippen molar-refractivity contribution >= 4 is 91.3 Å². The van der Waals surface area contributed by atoms with Crippen molar-refractivity contribution in [3.8, 4) is 0 Å². The van der Waals surface area contributed by atoms with E-state index in [2.05, 4.69) is 10.3 Å². The molecule has 0 atom stereocenters. The lowest BCUT2D eigenvalue weighted by Gasteiger charge is -2.12. The number of amides is 1. The Balaban J connectivity index is 1.79. The first-order chi connectivity index (χ1) is 12.3. The van der Waals surface area contributed by atoms with E-state index in [0.29, 0.717) is 15.4 Å². The van der Waals surface area contributed by atoms with Gasteiger partial charge >= 0.3 is 0 Å². The molecular formula is C15H9Cl4N3O2S2. The van der Waals surface area contributed by atoms with E-state index in [-0.39, 0.29) is 37.1 Å². The van der Waals surface area contributed by atoms with Crippen LogP contribution in [-0.2, 0) is 11.8 Å². The number of hydrogen-bond acceptors (Lipinski definition) is 5. The van der Waals surface area contributed by atoms with Crippen LogP contribution in [0.5, 0.6) is 0 Å². The van der Waals surface area contributed by atoms with Crippen LogP contribution in [0.1, 0.15) is 0 Å². The average Bonchev–Trinajstić information content (AvgIpc) is 3.07. The molecule has 2 aromatic heterocycles. The molecule has 0 radical (unpaired) electrons. The first kappa shape index (κ1) is 19.8. The third-order valence-electron chi connectivity index (χ3n) is 3.37. The molecule has 0 unspecified atom stereocenters. The van der Waals surface area contributed by atoms with Gasteiger partial charge in [-0.25, -0.2) is 4.98 Å². The molecule has 0 saturated carbocycles. The lowest BCUT2D eigenvalue weighted by molar-refractivity contribution is -0.113. The lowest BCUT2D eigenvalue weighted by atomic mass is 10.3. The van der Waals surface area contributed by atoms with E-state index in [9.17, 15) is 9.59 Å². The zero-order valence-electron chi connectivity index (χ0n) is 13.0. The van der Waals surface area contributed by atoms with Gasteiger partial charge in [0.2, 0.25) is 5.91 Å². The number of fused-ring (bicyclic) bond motifs is 1. The van der Waals surface area contributed by atoms with Crippen molar-refractivity contribution in [3.05, 3.63) is 48.0 Å². The summed E-state index contributed by atoms with van der Waals surface area (Å²) in [6, 6.07) is 3.12. The minimum atomic E-state index is -0.391. The molecule has 1 amide bonds. The fourth-order valence-electron chi connectivity index (χ4n) is 2.10. The predicted molar refractivity (Wildman–Crippen MR) is 111 cm³/mol. The summed E-state index contributed by atoms with van der Waals surface area (Å²) in [4.78, 5) is 29.6. The molecule has 2 heterocycles. The zero-order chi connectivity index (χ0) is 19.0. The first-order valence-electron chi connectivity index (χ1n) is 6.99. The molecule has 0 fully saturated rings. The molecule has 0 spiro atoms. The predicted octanol–water partition coefficient (Wildman–Crippen LogP) is 5.34. The summed E-state index contributed by atoms with van der Waals surface area (Å²) in [6.45, 7) is 0. The molecule has 3 rings (SSSR count). The Kier molecular flexibility index (Phi) is 6.06. The van der Waals surface area contributed by atoms with Crippen LogP contribution < -0.4 is 10.9 Å². The van der Waals surface area contributed by atoms with Crippen LogP contribution in [0.3, 0.4) is 0 Å². The second kappa shape index (κ2) is 7.96. The molecule has 0 aliphatic carbocycles. The Labute approximate surface area is 176 Å². The number of thioether (sulfide) groups is 1. The Morgan fingerprint density at radius 2 is 1.92 bits per heavy atom. The number of carbonyl (C=O) groups is 1. The monoisotopic (exact) mass is 467 g/mol. The smallest absolute Gasteiger partial charge is 0.262 e. The Bertz CT molecular complexity index is 1050. The van der Waals surface area contributed by atoms with Gasteiger partial charge in [-0.05, 0) is 17.5 Å². The molecule has 136 valence electrons. The Morgan fingerprint density at radius 3 is 2.58 bits per heavy atom. The molecule has 3 aromatic rings. The highest BCUT2D eigenvalue weighted by atomic mass is 35.5. The van der Waals surface area contributed by atoms with Crippen molar-refractivity contribution in [2.75, 3.05) is 11.1 Å². The molecule has 0 bridgehead atoms. The summed E-state index contributed by atoms with van der Waals surface area (Å²) >= 11 is 26.5. The normalized spacial score (nSPS) is 11.1. The molecule has 26 heavy (non-hydrogen) atoms. The maximum absolute atomic E-state index is 12.3. The van der Waals surface area contributed by atoms with E-state index in [1.54, 1.807) is 18.5 Å². The molecule has 0 aliphatic heterocycles. The number of aromatic nitrogens is 2. The van der Waals surface area contributed by atoms with E-state index in [1.165, 1.54) is 22.0 Å². The summed E-state index contributed by atoms with van der Waals surface area (Å²) in [5.41, 5.74) is -0.0149. The second-order valence-electron chi connectivity index (χ2n) is 5.08. The van der Waals surface area contributed by atoms with E-state index in [4.69, 9.17) is 46.4 Å². The topological polar surface area (TPSA) is 64.0 Å². The van der Waals surface area contributed by atoms with Gasteiger partial charge in [0.1, 0.15) is 4.83 Å². The fourth-order valence-corrected chi connectivity index (χ4v) is 4.58. The SMILES string of the molecule is Cn1c(SCC(=O)Nc2c(Cl)c(Cl)cc(Cl)c2Cl)nc2sccc2c1=O. The maximum atomic E-state index is 12.3. The quantitative estimate of drug-likeness (QED) is 0.319. The van der Waals surface area contributed by atoms with E-state index in [0.717, 1.165) is 11.8 Å². The molecule has 0 saturated heterocycles. The van der Waals surface area contributed by atoms with Crippen molar-refractivity contribution in [2.24, 2.45) is 7.05 Å². The highest BCUT2D eigenvalue weighted by Gasteiger charge is 2.17. The van der Waals surface area contributed by atoms with Crippen LogP contribution in [0.25, 0.3) is 10.2 Å². The number of nitrogens with one attached hydrogen (secondary N) is 1. The van der Waals surface area contributed by atoms with Crippen LogP contribution in [0.15, 0.2) is 27.5 Å². The lowest BCUT2D eigenvalue weighted by Crippen LogP contribution is -2.21. The zero-order valence-corrected chi connectivity index (χ0v) is 17.6. The van der Waals surface area contributed by atoms with Gasteiger partial charge in [-0.15, -0.1) is 11.3 Å². The standard InChI is InChI=1S/C15H9Cl4N3O2S2/c1-22-14(24)6-2-3-25-13(6)21-15(22)26-5-9(23)20-12-10(18)7(16)4-8(17)11(12)19/h2-4H,5H2,1H3,(H,20,23). The number of carbonyl (C=O) groups excluding carboxylic acids is 1. The largest absolute Gasteiger partial charge is 0.323 e. The van der Waals surface area contributed by atoms with E-state index >= 15 is 0 Å². The number of hydrogen-bond donors (Lipinski definition) is 1. The molecular weight excluding hydrogens is 460 g/mol. The molecule has 1 aromatic carbocycles. The summed E-state index contributed by atoms with van der Waals surface area (Å²) in [6.07, 6.45) is 0. The number of halogens is 4. The van der Waals surface area contributed by atoms with Gasteiger partial charge < -0.3 is 5.32 Å². The van der Waals surface area contributed by atoms with Crippen LogP contribution >= 0.6 is 69.5 Å². The highest BCUT2D eigenvalue weighted by Crippen LogP contribution is 2.41. The summed E-state index contributed by atoms with van der Waals surface area (Å²) in [5.74, 6) is -0.397. The minimum Gasteiger partial charge on any atom is -0.323 e. The van der Waals surface area contributed by atoms with Gasteiger partial charge in [0.15, 0.2) is 5.16 Å². The van der Waals surface area contributed by atoms with Crippen molar-refractivity contribution < 1.29 is 4.79 Å². The Morgan fingerprint density at radius 1 is 1.27 bits per heavy atom. The number of rotatable bonds is 4. The van der Waals surface area contributed by atoms with Crippen molar-refractivity contribution in [1.82, 2.24) is 9.55 Å². The maximum Gasteiger partial charge on any atom is 0.262 e. The first-order valence-corrected chi connectivity index (χ1v) is 10.4. The molecule has 0 aliphatic rings. The number of anilines is 1. The Hall–Kier alpha value is -0.960. The highest BCUT2D eigenvalue weighted by molar-refractivity contribution is 7.99. The second-order valence-corrected chi connectivity index (χ2v) is 8.49. The van der Waals surface area contributed by atoms with Crippen LogP contribution in [-0.4, -0.2) is 21.2 Å². The third kappa shape index (κ3) is 3.83. The van der Waals surface area contributed by atoms with Crippen LogP contribution in [0.2, 0.25) is 20.1 Å². The summed E-state index contributed by atoms with van der Waals surface area (Å²) in [5, 5.41) is 5.93. The van der Waals surface area contributed by atoms with Gasteiger partial charge in [0, 0.05) is 7.05 Å². The molecule has 11 heteroatoms. The van der Waals surface area contributed by atoms with Crippen LogP contribution in [0.4, 0.5) is 5.69 Å². The molecule has 5 nitrogen and oxygen atoms in total. The van der Waals surface area contributed by atoms with Crippen molar-refractivity contribution in [2.45, 2.75) is 5.16 Å². The fraction of sp³-hybridized carbons (Fsp3) is 0.133.